The number of aromatic nitrogens is 2. The lowest BCUT2D eigenvalue weighted by atomic mass is 10.1. The number of nitrogens with zero attached hydrogens (tertiary/aromatic N) is 3. The van der Waals surface area contributed by atoms with Crippen molar-refractivity contribution in [2.24, 2.45) is 0 Å². The van der Waals surface area contributed by atoms with Gasteiger partial charge in [0, 0.05) is 11.8 Å². The number of nitrogens with two attached hydrogens (primary N) is 1. The molecule has 2 aromatic carbocycles. The molecule has 0 bridgehead atoms. The first-order valence-electron chi connectivity index (χ1n) is 6.18. The highest BCUT2D eigenvalue weighted by Crippen LogP contribution is 2.24. The number of anilines is 1. The third-order valence-corrected chi connectivity index (χ3v) is 3.14. The molecular weight excluding hydrogens is 248 g/mol. The molecule has 0 aliphatic rings. The molecule has 0 aliphatic heterocycles. The van der Waals surface area contributed by atoms with Crippen LogP contribution in [0.4, 0.5) is 5.69 Å². The fourth-order valence-corrected chi connectivity index (χ4v) is 2.08. The molecule has 1 heterocycles. The maximum Gasteiger partial charge on any atom is 0.101 e. The van der Waals surface area contributed by atoms with Gasteiger partial charge < -0.3 is 5.73 Å². The average molecular weight is 260 g/mol. The molecule has 3 aromatic rings. The predicted molar refractivity (Wildman–Crippen MR) is 78.1 cm³/mol. The molecule has 1 aromatic heterocycles. The first kappa shape index (κ1) is 12.0. The number of rotatable bonds is 2. The predicted octanol–water partition coefficient (Wildman–Crippen LogP) is 2.99. The van der Waals surface area contributed by atoms with E-state index in [4.69, 9.17) is 11.0 Å². The normalized spacial score (nSPS) is 10.2. The summed E-state index contributed by atoms with van der Waals surface area (Å²) in [5, 5.41) is 13.3. The van der Waals surface area contributed by atoms with E-state index in [-0.39, 0.29) is 0 Å². The summed E-state index contributed by atoms with van der Waals surface area (Å²) < 4.78 is 1.69. The molecule has 0 spiro atoms. The van der Waals surface area contributed by atoms with E-state index in [0.29, 0.717) is 16.9 Å². The third kappa shape index (κ3) is 2.02. The summed E-state index contributed by atoms with van der Waals surface area (Å²) >= 11 is 0. The molecule has 4 nitrogen and oxygen atoms in total. The van der Waals surface area contributed by atoms with Crippen LogP contribution >= 0.6 is 0 Å². The van der Waals surface area contributed by atoms with E-state index in [2.05, 4.69) is 11.2 Å². The van der Waals surface area contributed by atoms with Crippen molar-refractivity contribution in [3.05, 3.63) is 66.5 Å². The Morgan fingerprint density at radius 1 is 1.00 bits per heavy atom. The number of nitrogen functional groups attached to an aromatic ring is 1. The van der Waals surface area contributed by atoms with Crippen molar-refractivity contribution in [1.82, 2.24) is 9.78 Å². The van der Waals surface area contributed by atoms with Gasteiger partial charge in [-0.3, -0.25) is 0 Å². The van der Waals surface area contributed by atoms with Crippen LogP contribution in [0.1, 0.15) is 5.56 Å². The third-order valence-electron chi connectivity index (χ3n) is 3.14. The van der Waals surface area contributed by atoms with Crippen LogP contribution in [0.25, 0.3) is 16.8 Å². The highest BCUT2D eigenvalue weighted by atomic mass is 15.3. The van der Waals surface area contributed by atoms with Gasteiger partial charge in [0.05, 0.1) is 23.1 Å². The van der Waals surface area contributed by atoms with Gasteiger partial charge in [-0.1, -0.05) is 36.4 Å². The van der Waals surface area contributed by atoms with Gasteiger partial charge in [0.15, 0.2) is 0 Å². The maximum absolute atomic E-state index is 9.01. The average Bonchev–Trinajstić information content (AvgIpc) is 2.98. The van der Waals surface area contributed by atoms with Crippen molar-refractivity contribution in [2.75, 3.05) is 5.73 Å². The second-order valence-electron chi connectivity index (χ2n) is 4.39. The second kappa shape index (κ2) is 4.90. The van der Waals surface area contributed by atoms with Gasteiger partial charge in [0.25, 0.3) is 0 Å². The van der Waals surface area contributed by atoms with Crippen LogP contribution < -0.4 is 5.73 Å². The minimum absolute atomic E-state index is 0.442. The zero-order chi connectivity index (χ0) is 13.9. The van der Waals surface area contributed by atoms with E-state index in [1.807, 2.05) is 42.6 Å². The Morgan fingerprint density at radius 2 is 1.80 bits per heavy atom. The quantitative estimate of drug-likeness (QED) is 0.720. The Morgan fingerprint density at radius 3 is 2.55 bits per heavy atom. The standard InChI is InChI=1S/C16H12N4/c17-9-13-7-4-8-15(16(13)18)20-11-14(10-19-20)12-5-2-1-3-6-12/h1-8,10-11H,18H2. The van der Waals surface area contributed by atoms with Crippen LogP contribution in [0.2, 0.25) is 0 Å². The van der Waals surface area contributed by atoms with E-state index >= 15 is 0 Å². The Hall–Kier alpha value is -3.06. The highest BCUT2D eigenvalue weighted by Gasteiger charge is 2.08. The Kier molecular flexibility index (Phi) is 2.94. The number of hydrogen-bond acceptors (Lipinski definition) is 3. The fraction of sp³-hybridized carbons (Fsp3) is 0. The second-order valence-corrected chi connectivity index (χ2v) is 4.39. The number of para-hydroxylation sites is 1. The molecule has 0 amide bonds. The molecular formula is C16H12N4. The summed E-state index contributed by atoms with van der Waals surface area (Å²) in [6, 6.07) is 17.4. The molecule has 3 rings (SSSR count). The Balaban J connectivity index is 2.06. The van der Waals surface area contributed by atoms with Crippen molar-refractivity contribution in [3.63, 3.8) is 0 Å². The summed E-state index contributed by atoms with van der Waals surface area (Å²) in [5.74, 6) is 0. The zero-order valence-electron chi connectivity index (χ0n) is 10.7. The van der Waals surface area contributed by atoms with Crippen LogP contribution in [0.3, 0.4) is 0 Å². The minimum Gasteiger partial charge on any atom is -0.396 e. The number of hydrogen-bond donors (Lipinski definition) is 1. The van der Waals surface area contributed by atoms with E-state index in [0.717, 1.165) is 11.1 Å². The van der Waals surface area contributed by atoms with Crippen molar-refractivity contribution in [3.8, 4) is 22.9 Å². The molecule has 4 heteroatoms. The van der Waals surface area contributed by atoms with Crippen molar-refractivity contribution in [1.29, 1.82) is 5.26 Å². The van der Waals surface area contributed by atoms with Crippen LogP contribution in [-0.2, 0) is 0 Å². The van der Waals surface area contributed by atoms with E-state index in [1.165, 1.54) is 0 Å². The van der Waals surface area contributed by atoms with Crippen LogP contribution in [0.5, 0.6) is 0 Å². The number of benzene rings is 2. The van der Waals surface area contributed by atoms with Crippen LogP contribution in [0.15, 0.2) is 60.9 Å². The van der Waals surface area contributed by atoms with Gasteiger partial charge in [-0.25, -0.2) is 4.68 Å². The lowest BCUT2D eigenvalue weighted by Crippen LogP contribution is -2.01. The van der Waals surface area contributed by atoms with Gasteiger partial charge in [-0.15, -0.1) is 0 Å². The largest absolute Gasteiger partial charge is 0.396 e. The summed E-state index contributed by atoms with van der Waals surface area (Å²) in [6.45, 7) is 0. The van der Waals surface area contributed by atoms with Gasteiger partial charge in [-0.05, 0) is 17.7 Å². The first-order chi connectivity index (χ1) is 9.79. The fourth-order valence-electron chi connectivity index (χ4n) is 2.08. The monoisotopic (exact) mass is 260 g/mol. The van der Waals surface area contributed by atoms with Crippen molar-refractivity contribution < 1.29 is 0 Å². The lowest BCUT2D eigenvalue weighted by molar-refractivity contribution is 0.882. The van der Waals surface area contributed by atoms with E-state index in [9.17, 15) is 0 Å². The maximum atomic E-state index is 9.01. The van der Waals surface area contributed by atoms with Crippen molar-refractivity contribution >= 4 is 5.69 Å². The number of nitriles is 1. The van der Waals surface area contributed by atoms with Gasteiger partial charge in [0.1, 0.15) is 6.07 Å². The Bertz CT molecular complexity index is 782. The molecule has 0 saturated carbocycles. The molecule has 0 saturated heterocycles. The topological polar surface area (TPSA) is 67.6 Å². The molecule has 0 atom stereocenters. The summed E-state index contributed by atoms with van der Waals surface area (Å²) in [6.07, 6.45) is 3.69. The molecule has 0 unspecified atom stereocenters. The Labute approximate surface area is 116 Å². The molecule has 0 fully saturated rings. The van der Waals surface area contributed by atoms with Gasteiger partial charge >= 0.3 is 0 Å². The summed E-state index contributed by atoms with van der Waals surface area (Å²) in [7, 11) is 0. The van der Waals surface area contributed by atoms with Gasteiger partial charge in [0.2, 0.25) is 0 Å². The highest BCUT2D eigenvalue weighted by molar-refractivity contribution is 5.68. The van der Waals surface area contributed by atoms with Crippen LogP contribution in [0, 0.1) is 11.3 Å². The lowest BCUT2D eigenvalue weighted by Gasteiger charge is -2.06. The molecule has 0 radical (unpaired) electrons. The van der Waals surface area contributed by atoms with Gasteiger partial charge in [-0.2, -0.15) is 10.4 Å². The van der Waals surface area contributed by atoms with E-state index < -0.39 is 0 Å². The van der Waals surface area contributed by atoms with Crippen LogP contribution in [-0.4, -0.2) is 9.78 Å². The summed E-state index contributed by atoms with van der Waals surface area (Å²) in [5.41, 5.74) is 9.70. The smallest absolute Gasteiger partial charge is 0.101 e. The minimum atomic E-state index is 0.442. The molecule has 20 heavy (non-hydrogen) atoms. The van der Waals surface area contributed by atoms with Crippen molar-refractivity contribution in [2.45, 2.75) is 0 Å². The zero-order valence-corrected chi connectivity index (χ0v) is 10.7. The molecule has 96 valence electrons. The van der Waals surface area contributed by atoms with E-state index in [1.54, 1.807) is 23.0 Å². The first-order valence-corrected chi connectivity index (χ1v) is 6.18. The molecule has 0 aliphatic carbocycles. The SMILES string of the molecule is N#Cc1cccc(-n2cc(-c3ccccc3)cn2)c1N. The summed E-state index contributed by atoms with van der Waals surface area (Å²) in [4.78, 5) is 0. The molecule has 2 N–H and O–H groups in total.